The molecular weight excluding hydrogens is 318 g/mol. The molecule has 1 N–H and O–H groups in total. The van der Waals surface area contributed by atoms with E-state index in [-0.39, 0.29) is 6.10 Å². The van der Waals surface area contributed by atoms with Gasteiger partial charge in [0, 0.05) is 25.9 Å². The van der Waals surface area contributed by atoms with Crippen molar-refractivity contribution in [3.8, 4) is 0 Å². The summed E-state index contributed by atoms with van der Waals surface area (Å²) >= 11 is 5.64. The Morgan fingerprint density at radius 2 is 2.00 bits per heavy atom. The topological polar surface area (TPSA) is 37.4 Å². The molecule has 0 unspecified atom stereocenters. The average Bonchev–Trinajstić information content (AvgIpc) is 3.14. The summed E-state index contributed by atoms with van der Waals surface area (Å²) in [5.41, 5.74) is 2.24. The van der Waals surface area contributed by atoms with E-state index in [1.807, 2.05) is 30.5 Å². The third-order valence-corrected chi connectivity index (χ3v) is 4.49. The summed E-state index contributed by atoms with van der Waals surface area (Å²) < 4.78 is 5.67. The molecule has 0 bridgehead atoms. The Bertz CT molecular complexity index is 588. The van der Waals surface area contributed by atoms with E-state index in [0.717, 1.165) is 43.3 Å². The smallest absolute Gasteiger partial charge is 0.169 e. The molecule has 1 aromatic carbocycles. The van der Waals surface area contributed by atoms with Crippen LogP contribution in [-0.2, 0) is 17.8 Å². The monoisotopic (exact) mass is 341 g/mol. The molecule has 0 radical (unpaired) electrons. The number of nitrogens with one attached hydrogen (secondary N) is 1. The lowest BCUT2D eigenvalue weighted by molar-refractivity contribution is 0.113. The number of ether oxygens (including phenoxy) is 1. The normalized spacial score (nSPS) is 16.8. The average molecular weight is 341 g/mol. The van der Waals surface area contributed by atoms with Crippen LogP contribution < -0.4 is 5.32 Å². The number of aromatic nitrogens is 1. The second-order valence-electron chi connectivity index (χ2n) is 5.98. The molecule has 2 heterocycles. The van der Waals surface area contributed by atoms with E-state index in [2.05, 4.69) is 39.5 Å². The van der Waals surface area contributed by atoms with Crippen molar-refractivity contribution in [2.45, 2.75) is 32.0 Å². The summed E-state index contributed by atoms with van der Waals surface area (Å²) in [7, 11) is 0. The fraction of sp³-hybridized carbons (Fsp3) is 0.368. The Hall–Kier alpha value is -1.98. The summed E-state index contributed by atoms with van der Waals surface area (Å²) in [5.74, 6) is 0. The quantitative estimate of drug-likeness (QED) is 0.817. The second-order valence-corrected chi connectivity index (χ2v) is 6.37. The molecule has 1 saturated heterocycles. The molecule has 126 valence electrons. The van der Waals surface area contributed by atoms with Crippen LogP contribution in [0.15, 0.2) is 54.7 Å². The molecule has 24 heavy (non-hydrogen) atoms. The predicted molar refractivity (Wildman–Crippen MR) is 99.5 cm³/mol. The van der Waals surface area contributed by atoms with Crippen molar-refractivity contribution in [3.05, 3.63) is 66.0 Å². The lowest BCUT2D eigenvalue weighted by Gasteiger charge is -2.26. The van der Waals surface area contributed by atoms with E-state index in [9.17, 15) is 0 Å². The largest absolute Gasteiger partial charge is 0.376 e. The first-order chi connectivity index (χ1) is 11.8. The summed E-state index contributed by atoms with van der Waals surface area (Å²) in [4.78, 5) is 6.58. The summed E-state index contributed by atoms with van der Waals surface area (Å²) in [5, 5.41) is 4.12. The van der Waals surface area contributed by atoms with Gasteiger partial charge >= 0.3 is 0 Å². The van der Waals surface area contributed by atoms with Crippen LogP contribution in [0.5, 0.6) is 0 Å². The van der Waals surface area contributed by atoms with Crippen LogP contribution in [0.4, 0.5) is 0 Å². The minimum atomic E-state index is 0.274. The Labute approximate surface area is 148 Å². The Kier molecular flexibility index (Phi) is 6.15. The maximum Gasteiger partial charge on any atom is 0.169 e. The number of pyridine rings is 1. The van der Waals surface area contributed by atoms with Gasteiger partial charge in [-0.05, 0) is 42.8 Å². The SMILES string of the molecule is S=C(NC[C@@H]1CCCO1)N(Cc1ccccc1)Cc1ccccn1. The van der Waals surface area contributed by atoms with Gasteiger partial charge in [0.15, 0.2) is 5.11 Å². The van der Waals surface area contributed by atoms with E-state index < -0.39 is 0 Å². The number of hydrogen-bond acceptors (Lipinski definition) is 3. The molecule has 4 nitrogen and oxygen atoms in total. The van der Waals surface area contributed by atoms with Crippen molar-refractivity contribution in [3.63, 3.8) is 0 Å². The molecule has 0 spiro atoms. The van der Waals surface area contributed by atoms with Gasteiger partial charge in [0.2, 0.25) is 0 Å². The maximum absolute atomic E-state index is 5.67. The highest BCUT2D eigenvalue weighted by Crippen LogP contribution is 2.12. The fourth-order valence-corrected chi connectivity index (χ4v) is 3.02. The molecule has 1 atom stereocenters. The Balaban J connectivity index is 1.64. The predicted octanol–water partition coefficient (Wildman–Crippen LogP) is 3.14. The highest BCUT2D eigenvalue weighted by atomic mass is 32.1. The second kappa shape index (κ2) is 8.76. The standard InChI is InChI=1S/C19H23N3OS/c24-19(21-13-18-10-6-12-23-18)22(14-16-7-2-1-3-8-16)15-17-9-4-5-11-20-17/h1-5,7-9,11,18H,6,10,12-15H2,(H,21,24)/t18-/m0/s1. The van der Waals surface area contributed by atoms with Gasteiger partial charge in [-0.25, -0.2) is 0 Å². The molecule has 1 aromatic heterocycles. The highest BCUT2D eigenvalue weighted by molar-refractivity contribution is 7.80. The number of thiocarbonyl (C=S) groups is 1. The zero-order valence-electron chi connectivity index (χ0n) is 13.7. The molecule has 0 aliphatic carbocycles. The fourth-order valence-electron chi connectivity index (χ4n) is 2.81. The van der Waals surface area contributed by atoms with E-state index in [4.69, 9.17) is 17.0 Å². The first kappa shape index (κ1) is 16.9. The first-order valence-corrected chi connectivity index (χ1v) is 8.80. The van der Waals surface area contributed by atoms with Gasteiger partial charge in [0.25, 0.3) is 0 Å². The van der Waals surface area contributed by atoms with Crippen molar-refractivity contribution in [2.75, 3.05) is 13.2 Å². The first-order valence-electron chi connectivity index (χ1n) is 8.39. The van der Waals surface area contributed by atoms with Crippen LogP contribution >= 0.6 is 12.2 Å². The molecule has 0 saturated carbocycles. The van der Waals surface area contributed by atoms with Gasteiger partial charge in [-0.3, -0.25) is 4.98 Å². The number of benzene rings is 1. The van der Waals surface area contributed by atoms with Gasteiger partial charge in [0.1, 0.15) is 0 Å². The Morgan fingerprint density at radius 3 is 2.71 bits per heavy atom. The van der Waals surface area contributed by atoms with E-state index in [1.54, 1.807) is 0 Å². The minimum Gasteiger partial charge on any atom is -0.376 e. The maximum atomic E-state index is 5.67. The van der Waals surface area contributed by atoms with E-state index in [1.165, 1.54) is 5.56 Å². The van der Waals surface area contributed by atoms with Crippen LogP contribution in [0.1, 0.15) is 24.1 Å². The van der Waals surface area contributed by atoms with Gasteiger partial charge in [-0.1, -0.05) is 36.4 Å². The van der Waals surface area contributed by atoms with Crippen LogP contribution in [0.25, 0.3) is 0 Å². The van der Waals surface area contributed by atoms with Gasteiger partial charge in [-0.2, -0.15) is 0 Å². The van der Waals surface area contributed by atoms with Crippen LogP contribution in [-0.4, -0.2) is 34.3 Å². The zero-order chi connectivity index (χ0) is 16.6. The van der Waals surface area contributed by atoms with Gasteiger partial charge in [0.05, 0.1) is 18.3 Å². The third kappa shape index (κ3) is 5.01. The lowest BCUT2D eigenvalue weighted by Crippen LogP contribution is -2.42. The van der Waals surface area contributed by atoms with Crippen LogP contribution in [0.3, 0.4) is 0 Å². The summed E-state index contributed by atoms with van der Waals surface area (Å²) in [6, 6.07) is 16.3. The van der Waals surface area contributed by atoms with Crippen LogP contribution in [0.2, 0.25) is 0 Å². The molecule has 3 rings (SSSR count). The summed E-state index contributed by atoms with van der Waals surface area (Å²) in [6.45, 7) is 3.08. The van der Waals surface area contributed by atoms with Crippen molar-refractivity contribution in [1.82, 2.24) is 15.2 Å². The molecule has 2 aromatic rings. The number of hydrogen-bond donors (Lipinski definition) is 1. The summed E-state index contributed by atoms with van der Waals surface area (Å²) in [6.07, 6.45) is 4.34. The number of rotatable bonds is 6. The zero-order valence-corrected chi connectivity index (χ0v) is 14.5. The molecule has 1 aliphatic rings. The lowest BCUT2D eigenvalue weighted by atomic mass is 10.2. The molecule has 5 heteroatoms. The van der Waals surface area contributed by atoms with Crippen LogP contribution in [0, 0.1) is 0 Å². The van der Waals surface area contributed by atoms with E-state index >= 15 is 0 Å². The van der Waals surface area contributed by atoms with E-state index in [0.29, 0.717) is 6.54 Å². The van der Waals surface area contributed by atoms with Crippen molar-refractivity contribution < 1.29 is 4.74 Å². The van der Waals surface area contributed by atoms with Crippen molar-refractivity contribution in [2.24, 2.45) is 0 Å². The highest BCUT2D eigenvalue weighted by Gasteiger charge is 2.17. The Morgan fingerprint density at radius 1 is 1.17 bits per heavy atom. The molecule has 1 aliphatic heterocycles. The van der Waals surface area contributed by atoms with Crippen molar-refractivity contribution in [1.29, 1.82) is 0 Å². The third-order valence-electron chi connectivity index (χ3n) is 4.09. The minimum absolute atomic E-state index is 0.274. The molecule has 0 amide bonds. The number of nitrogens with zero attached hydrogens (tertiary/aromatic N) is 2. The molecular formula is C19H23N3OS. The van der Waals surface area contributed by atoms with Gasteiger partial charge < -0.3 is 15.0 Å². The van der Waals surface area contributed by atoms with Crippen molar-refractivity contribution >= 4 is 17.3 Å². The van der Waals surface area contributed by atoms with Gasteiger partial charge in [-0.15, -0.1) is 0 Å². The molecule has 1 fully saturated rings.